The number of rotatable bonds is 2. The molecule has 1 atom stereocenters. The van der Waals surface area contributed by atoms with Crippen molar-refractivity contribution in [2.24, 2.45) is 7.05 Å². The highest BCUT2D eigenvalue weighted by molar-refractivity contribution is 9.10. The molecule has 1 aliphatic rings. The van der Waals surface area contributed by atoms with E-state index in [-0.39, 0.29) is 11.7 Å². The minimum atomic E-state index is -0.593. The second-order valence-electron chi connectivity index (χ2n) is 6.82. The molecule has 0 spiro atoms. The van der Waals surface area contributed by atoms with Crippen molar-refractivity contribution in [3.8, 4) is 0 Å². The van der Waals surface area contributed by atoms with Crippen LogP contribution >= 0.6 is 15.9 Å². The predicted molar refractivity (Wildman–Crippen MR) is 118 cm³/mol. The number of carbonyl (C=O) groups is 1. The Morgan fingerprint density at radius 3 is 2.67 bits per heavy atom. The maximum absolute atomic E-state index is 14.9. The van der Waals surface area contributed by atoms with Gasteiger partial charge >= 0.3 is 0 Å². The van der Waals surface area contributed by atoms with Gasteiger partial charge in [-0.05, 0) is 37.3 Å². The average Bonchev–Trinajstić information content (AvgIpc) is 3.39. The van der Waals surface area contributed by atoms with Crippen LogP contribution in [0, 0.1) is 12.7 Å². The largest absolute Gasteiger partial charge is 0.345 e. The number of benzene rings is 2. The lowest BCUT2D eigenvalue weighted by Gasteiger charge is -2.27. The minimum absolute atomic E-state index is 0.245. The van der Waals surface area contributed by atoms with Crippen molar-refractivity contribution in [3.63, 3.8) is 0 Å². The van der Waals surface area contributed by atoms with Gasteiger partial charge in [0, 0.05) is 34.0 Å². The maximum Gasteiger partial charge on any atom is 0.280 e. The number of carbonyl (C=O) groups excluding carboxylic acids is 1. The number of aromatic nitrogens is 4. The van der Waals surface area contributed by atoms with Crippen LogP contribution in [0.5, 0.6) is 0 Å². The molecule has 0 fully saturated rings. The molecule has 154 valence electrons. The van der Waals surface area contributed by atoms with Crippen LogP contribution in [0.4, 0.5) is 10.1 Å². The summed E-state index contributed by atoms with van der Waals surface area (Å²) in [5, 5.41) is 4.40. The van der Waals surface area contributed by atoms with E-state index in [2.05, 4.69) is 31.0 Å². The number of halogens is 2. The van der Waals surface area contributed by atoms with Gasteiger partial charge in [-0.15, -0.1) is 0 Å². The van der Waals surface area contributed by atoms with E-state index in [1.165, 1.54) is 6.07 Å². The van der Waals surface area contributed by atoms with Crippen LogP contribution in [-0.4, -0.2) is 25.7 Å². The van der Waals surface area contributed by atoms with Gasteiger partial charge in [-0.3, -0.25) is 14.4 Å². The number of anilines is 1. The third-order valence-corrected chi connectivity index (χ3v) is 5.77. The highest BCUT2D eigenvalue weighted by Crippen LogP contribution is 2.44. The molecule has 0 saturated carbocycles. The van der Waals surface area contributed by atoms with Crippen LogP contribution in [0.3, 0.4) is 0 Å². The van der Waals surface area contributed by atoms with Crippen LogP contribution < -0.4 is 4.90 Å². The minimum Gasteiger partial charge on any atom is -0.345 e. The number of hydrogen-bond acceptors (Lipinski definition) is 3. The highest BCUT2D eigenvalue weighted by atomic mass is 79.9. The van der Waals surface area contributed by atoms with Gasteiger partial charge in [0.1, 0.15) is 5.82 Å². The summed E-state index contributed by atoms with van der Waals surface area (Å²) >= 11 is 3.30. The smallest absolute Gasteiger partial charge is 0.280 e. The van der Waals surface area contributed by atoms with Crippen LogP contribution in [0.15, 0.2) is 47.2 Å². The Kier molecular flexibility index (Phi) is 5.19. The molecule has 1 amide bonds. The third-order valence-electron chi connectivity index (χ3n) is 5.27. The summed E-state index contributed by atoms with van der Waals surface area (Å²) in [5.41, 5.74) is 4.62. The van der Waals surface area contributed by atoms with E-state index in [4.69, 9.17) is 0 Å². The molecule has 0 bridgehead atoms. The fourth-order valence-corrected chi connectivity index (χ4v) is 4.16. The number of fused-ring (bicyclic) bond motifs is 2. The molecule has 30 heavy (non-hydrogen) atoms. The Morgan fingerprint density at radius 1 is 1.17 bits per heavy atom. The molecule has 1 unspecified atom stereocenters. The van der Waals surface area contributed by atoms with Gasteiger partial charge in [-0.2, -0.15) is 5.10 Å². The zero-order valence-corrected chi connectivity index (χ0v) is 18.7. The van der Waals surface area contributed by atoms with Crippen LogP contribution in [0.1, 0.15) is 47.2 Å². The van der Waals surface area contributed by atoms with Crippen LogP contribution in [0.2, 0.25) is 0 Å². The van der Waals surface area contributed by atoms with Crippen molar-refractivity contribution < 1.29 is 9.18 Å². The highest BCUT2D eigenvalue weighted by Gasteiger charge is 2.44. The summed E-state index contributed by atoms with van der Waals surface area (Å²) in [6.45, 7) is 5.89. The first-order valence-electron chi connectivity index (χ1n) is 9.71. The Bertz CT molecular complexity index is 1260. The normalized spacial score (nSPS) is 15.3. The molecular formula is C22H21BrFN5O. The van der Waals surface area contributed by atoms with Gasteiger partial charge in [0.15, 0.2) is 5.69 Å². The number of hydrogen-bond donors (Lipinski definition) is 1. The summed E-state index contributed by atoms with van der Waals surface area (Å²) in [7, 11) is 1.79. The Morgan fingerprint density at radius 2 is 1.93 bits per heavy atom. The van der Waals surface area contributed by atoms with E-state index >= 15 is 0 Å². The van der Waals surface area contributed by atoms with E-state index in [0.29, 0.717) is 21.4 Å². The van der Waals surface area contributed by atoms with Crippen molar-refractivity contribution in [2.75, 3.05) is 4.90 Å². The standard InChI is InChI=1S/C20H15BrFN5O.C2H6/c1-10-17-18(25-26(10)2)20(28)27(12-4-6-15-16(8-12)24-9-23-15)19(17)13-5-3-11(21)7-14(13)22;1-2/h3-9,19H,1-2H3,(H,23,24);1-2H3. The molecule has 4 aromatic rings. The fraction of sp³-hybridized carbons (Fsp3) is 0.227. The van der Waals surface area contributed by atoms with Gasteiger partial charge < -0.3 is 4.98 Å². The molecule has 8 heteroatoms. The van der Waals surface area contributed by atoms with E-state index < -0.39 is 6.04 Å². The second-order valence-corrected chi connectivity index (χ2v) is 7.73. The first-order valence-corrected chi connectivity index (χ1v) is 10.5. The van der Waals surface area contributed by atoms with Gasteiger partial charge in [-0.25, -0.2) is 9.37 Å². The lowest BCUT2D eigenvalue weighted by Crippen LogP contribution is -2.30. The summed E-state index contributed by atoms with van der Waals surface area (Å²) in [4.78, 5) is 22.2. The van der Waals surface area contributed by atoms with E-state index in [1.54, 1.807) is 35.1 Å². The molecule has 1 N–H and O–H groups in total. The molecule has 0 radical (unpaired) electrons. The van der Waals surface area contributed by atoms with E-state index in [9.17, 15) is 9.18 Å². The Balaban J connectivity index is 0.00000106. The maximum atomic E-state index is 14.9. The van der Waals surface area contributed by atoms with Crippen molar-refractivity contribution in [1.82, 2.24) is 19.7 Å². The number of nitrogens with zero attached hydrogens (tertiary/aromatic N) is 4. The topological polar surface area (TPSA) is 66.8 Å². The van der Waals surface area contributed by atoms with E-state index in [0.717, 1.165) is 22.3 Å². The Labute approximate surface area is 181 Å². The molecule has 3 heterocycles. The number of aromatic amines is 1. The van der Waals surface area contributed by atoms with E-state index in [1.807, 2.05) is 39.0 Å². The number of aryl methyl sites for hydroxylation is 1. The predicted octanol–water partition coefficient (Wildman–Crippen LogP) is 5.28. The quantitative estimate of drug-likeness (QED) is 0.434. The van der Waals surface area contributed by atoms with Crippen molar-refractivity contribution in [3.05, 3.63) is 75.5 Å². The summed E-state index contributed by atoms with van der Waals surface area (Å²) in [5.74, 6) is -0.624. The summed E-state index contributed by atoms with van der Waals surface area (Å²) < 4.78 is 17.3. The number of amides is 1. The first-order chi connectivity index (χ1) is 14.5. The van der Waals surface area contributed by atoms with Crippen LogP contribution in [-0.2, 0) is 7.05 Å². The monoisotopic (exact) mass is 469 g/mol. The zero-order chi connectivity index (χ0) is 21.6. The van der Waals surface area contributed by atoms with Crippen molar-refractivity contribution >= 4 is 38.6 Å². The molecule has 2 aromatic heterocycles. The molecule has 5 rings (SSSR count). The van der Waals surface area contributed by atoms with Gasteiger partial charge in [0.05, 0.1) is 23.4 Å². The lowest BCUT2D eigenvalue weighted by molar-refractivity contribution is 0.0988. The number of nitrogens with one attached hydrogen (secondary N) is 1. The number of imidazole rings is 1. The average molecular weight is 470 g/mol. The van der Waals surface area contributed by atoms with Gasteiger partial charge in [0.2, 0.25) is 0 Å². The molecule has 6 nitrogen and oxygen atoms in total. The molecular weight excluding hydrogens is 449 g/mol. The lowest BCUT2D eigenvalue weighted by atomic mass is 9.98. The fourth-order valence-electron chi connectivity index (χ4n) is 3.83. The number of H-pyrrole nitrogens is 1. The summed E-state index contributed by atoms with van der Waals surface area (Å²) in [6, 6.07) is 9.83. The molecule has 2 aromatic carbocycles. The van der Waals surface area contributed by atoms with Crippen molar-refractivity contribution in [1.29, 1.82) is 0 Å². The van der Waals surface area contributed by atoms with Gasteiger partial charge in [-0.1, -0.05) is 35.8 Å². The third kappa shape index (κ3) is 3.02. The van der Waals surface area contributed by atoms with Crippen molar-refractivity contribution in [2.45, 2.75) is 26.8 Å². The molecule has 1 aliphatic heterocycles. The SMILES string of the molecule is CC.Cc1c2c(nn1C)C(=O)N(c1ccc3nc[nH]c3c1)C2c1ccc(Br)cc1F. The van der Waals surface area contributed by atoms with Gasteiger partial charge in [0.25, 0.3) is 5.91 Å². The Hall–Kier alpha value is -3.00. The first kappa shape index (κ1) is 20.3. The zero-order valence-electron chi connectivity index (χ0n) is 17.1. The molecule has 0 saturated heterocycles. The second kappa shape index (κ2) is 7.68. The summed E-state index contributed by atoms with van der Waals surface area (Å²) in [6.07, 6.45) is 1.60. The molecule has 0 aliphatic carbocycles. The van der Waals surface area contributed by atoms with Crippen LogP contribution in [0.25, 0.3) is 11.0 Å².